The minimum atomic E-state index is -0.808. The maximum atomic E-state index is 12.7. The van der Waals surface area contributed by atoms with Gasteiger partial charge in [-0.2, -0.15) is 5.26 Å². The topological polar surface area (TPSA) is 113 Å². The van der Waals surface area contributed by atoms with E-state index in [0.29, 0.717) is 39.1 Å². The Kier molecular flexibility index (Phi) is 8.88. The van der Waals surface area contributed by atoms with Gasteiger partial charge in [-0.05, 0) is 30.2 Å². The van der Waals surface area contributed by atoms with Crippen molar-refractivity contribution in [1.82, 2.24) is 10.6 Å². The van der Waals surface area contributed by atoms with E-state index in [-0.39, 0.29) is 23.7 Å². The van der Waals surface area contributed by atoms with Crippen molar-refractivity contribution in [3.05, 3.63) is 35.9 Å². The van der Waals surface area contributed by atoms with Crippen LogP contribution in [0.3, 0.4) is 0 Å². The summed E-state index contributed by atoms with van der Waals surface area (Å²) < 4.78 is 16.7. The van der Waals surface area contributed by atoms with Crippen LogP contribution < -0.4 is 10.6 Å². The minimum absolute atomic E-state index is 0.0564. The van der Waals surface area contributed by atoms with Gasteiger partial charge < -0.3 is 30.0 Å². The van der Waals surface area contributed by atoms with Crippen LogP contribution in [0.4, 0.5) is 4.79 Å². The molecule has 0 radical (unpaired) electrons. The van der Waals surface area contributed by atoms with Crippen LogP contribution in [0.25, 0.3) is 0 Å². The minimum Gasteiger partial charge on any atom is -0.443 e. The third-order valence-electron chi connectivity index (χ3n) is 6.18. The van der Waals surface area contributed by atoms with Crippen molar-refractivity contribution in [2.45, 2.75) is 64.1 Å². The number of fused-ring (bicyclic) bond motifs is 1. The zero-order valence-corrected chi connectivity index (χ0v) is 19.0. The average Bonchev–Trinajstić information content (AvgIpc) is 3.37. The predicted octanol–water partition coefficient (Wildman–Crippen LogP) is 2.37. The number of alkyl carbamates (subject to hydrolysis) is 1. The molecule has 0 unspecified atom stereocenters. The number of nitrogens with one attached hydrogen (secondary N) is 2. The number of carbonyl (C=O) groups is 1. The fraction of sp³-hybridized carbons (Fsp3) is 0.667. The molecule has 8 nitrogen and oxygen atoms in total. The molecule has 1 amide bonds. The summed E-state index contributed by atoms with van der Waals surface area (Å²) in [7, 11) is 0. The van der Waals surface area contributed by atoms with Gasteiger partial charge in [0.15, 0.2) is 6.29 Å². The van der Waals surface area contributed by atoms with Gasteiger partial charge in [0.25, 0.3) is 0 Å². The number of benzene rings is 1. The van der Waals surface area contributed by atoms with Gasteiger partial charge in [-0.3, -0.25) is 0 Å². The molecule has 0 aromatic heterocycles. The molecule has 0 bridgehead atoms. The summed E-state index contributed by atoms with van der Waals surface area (Å²) in [5, 5.41) is 25.8. The van der Waals surface area contributed by atoms with Crippen LogP contribution in [0.2, 0.25) is 0 Å². The van der Waals surface area contributed by atoms with Crippen molar-refractivity contribution >= 4 is 6.09 Å². The lowest BCUT2D eigenvalue weighted by Gasteiger charge is -2.28. The van der Waals surface area contributed by atoms with Crippen molar-refractivity contribution in [2.75, 3.05) is 26.3 Å². The van der Waals surface area contributed by atoms with Gasteiger partial charge in [-0.15, -0.1) is 0 Å². The highest BCUT2D eigenvalue weighted by molar-refractivity contribution is 5.68. The lowest BCUT2D eigenvalue weighted by molar-refractivity contribution is -0.0907. The first-order chi connectivity index (χ1) is 15.4. The molecule has 8 heteroatoms. The molecule has 2 aliphatic heterocycles. The first-order valence-electron chi connectivity index (χ1n) is 11.4. The van der Waals surface area contributed by atoms with Crippen molar-refractivity contribution in [1.29, 1.82) is 5.26 Å². The molecule has 2 heterocycles. The van der Waals surface area contributed by atoms with Crippen molar-refractivity contribution in [3.8, 4) is 6.07 Å². The molecule has 5 atom stereocenters. The van der Waals surface area contributed by atoms with Crippen LogP contribution in [-0.2, 0) is 20.6 Å². The van der Waals surface area contributed by atoms with E-state index in [9.17, 15) is 9.90 Å². The molecular formula is C24H35N3O5. The molecule has 2 fully saturated rings. The number of aliphatic hydroxyl groups is 1. The number of amides is 1. The molecule has 1 aromatic rings. The van der Waals surface area contributed by atoms with Crippen molar-refractivity contribution in [2.24, 2.45) is 11.3 Å². The van der Waals surface area contributed by atoms with E-state index >= 15 is 0 Å². The summed E-state index contributed by atoms with van der Waals surface area (Å²) in [5.74, 6) is 0.0653. The number of ether oxygens (including phenoxy) is 3. The summed E-state index contributed by atoms with van der Waals surface area (Å²) in [5.41, 5.74) is 0.957. The highest BCUT2D eigenvalue weighted by Crippen LogP contribution is 2.33. The Labute approximate surface area is 190 Å². The van der Waals surface area contributed by atoms with Gasteiger partial charge in [-0.1, -0.05) is 44.2 Å². The Morgan fingerprint density at radius 1 is 1.34 bits per heavy atom. The van der Waals surface area contributed by atoms with Gasteiger partial charge in [0, 0.05) is 19.5 Å². The van der Waals surface area contributed by atoms with Crippen LogP contribution >= 0.6 is 0 Å². The molecule has 1 aromatic carbocycles. The van der Waals surface area contributed by atoms with E-state index in [4.69, 9.17) is 19.5 Å². The predicted molar refractivity (Wildman–Crippen MR) is 119 cm³/mol. The number of hydrogen-bond donors (Lipinski definition) is 3. The second kappa shape index (κ2) is 11.6. The largest absolute Gasteiger partial charge is 0.443 e. The van der Waals surface area contributed by atoms with Crippen LogP contribution in [0.15, 0.2) is 30.3 Å². The zero-order chi connectivity index (χ0) is 23.0. The van der Waals surface area contributed by atoms with Crippen LogP contribution in [0.1, 0.15) is 38.7 Å². The number of nitrogens with zero attached hydrogens (tertiary/aromatic N) is 1. The molecule has 0 aliphatic carbocycles. The summed E-state index contributed by atoms with van der Waals surface area (Å²) in [6.45, 7) is 6.10. The zero-order valence-electron chi connectivity index (χ0n) is 19.0. The summed E-state index contributed by atoms with van der Waals surface area (Å²) >= 11 is 0. The van der Waals surface area contributed by atoms with Crippen molar-refractivity contribution < 1.29 is 24.1 Å². The number of nitriles is 1. The quantitative estimate of drug-likeness (QED) is 0.479. The Morgan fingerprint density at radius 3 is 2.88 bits per heavy atom. The van der Waals surface area contributed by atoms with Gasteiger partial charge >= 0.3 is 6.09 Å². The molecule has 0 saturated carbocycles. The molecule has 0 spiro atoms. The van der Waals surface area contributed by atoms with Crippen molar-refractivity contribution in [3.63, 3.8) is 0 Å². The van der Waals surface area contributed by atoms with Crippen LogP contribution in [0, 0.1) is 22.7 Å². The fourth-order valence-corrected chi connectivity index (χ4v) is 4.21. The Morgan fingerprint density at radius 2 is 2.12 bits per heavy atom. The number of rotatable bonds is 11. The first kappa shape index (κ1) is 24.5. The maximum absolute atomic E-state index is 12.7. The molecule has 3 N–H and O–H groups in total. The smallest absolute Gasteiger partial charge is 0.407 e. The van der Waals surface area contributed by atoms with Gasteiger partial charge in [0.2, 0.25) is 0 Å². The number of aliphatic hydroxyl groups excluding tert-OH is 1. The summed E-state index contributed by atoms with van der Waals surface area (Å²) in [6, 6.07) is 11.4. The maximum Gasteiger partial charge on any atom is 0.407 e. The normalized spacial score (nSPS) is 24.4. The molecule has 176 valence electrons. The van der Waals surface area contributed by atoms with E-state index in [1.54, 1.807) is 0 Å². The standard InChI is InChI=1S/C24H35N3O5/c1-24(2,10-6-11-25)16-26-14-20(28)19(13-17-7-4-3-5-8-17)27-23(29)32-21-15-31-22-18(21)9-12-30-22/h3-5,7-8,18-22,26,28H,6,9-10,12-16H2,1-2H3,(H,27,29)/t18-,19-,20-,21-,22+/m0/s1. The van der Waals surface area contributed by atoms with E-state index in [1.165, 1.54) is 0 Å². The van der Waals surface area contributed by atoms with E-state index in [1.807, 2.05) is 30.3 Å². The molecule has 32 heavy (non-hydrogen) atoms. The van der Waals surface area contributed by atoms with Crippen LogP contribution in [0.5, 0.6) is 0 Å². The third kappa shape index (κ3) is 7.17. The Bertz CT molecular complexity index is 767. The third-order valence-corrected chi connectivity index (χ3v) is 6.18. The Balaban J connectivity index is 1.55. The van der Waals surface area contributed by atoms with E-state index in [2.05, 4.69) is 30.6 Å². The molecule has 2 saturated heterocycles. The summed E-state index contributed by atoms with van der Waals surface area (Å²) in [4.78, 5) is 12.7. The molecule has 2 aliphatic rings. The van der Waals surface area contributed by atoms with Gasteiger partial charge in [0.1, 0.15) is 6.10 Å². The van der Waals surface area contributed by atoms with Crippen LogP contribution in [-0.4, -0.2) is 62.0 Å². The van der Waals surface area contributed by atoms with Gasteiger partial charge in [0.05, 0.1) is 37.3 Å². The second-order valence-electron chi connectivity index (χ2n) is 9.43. The second-order valence-corrected chi connectivity index (χ2v) is 9.43. The highest BCUT2D eigenvalue weighted by atomic mass is 16.7. The average molecular weight is 446 g/mol. The highest BCUT2D eigenvalue weighted by Gasteiger charge is 2.44. The van der Waals surface area contributed by atoms with E-state index in [0.717, 1.165) is 18.4 Å². The van der Waals surface area contributed by atoms with Gasteiger partial charge in [-0.25, -0.2) is 4.79 Å². The van der Waals surface area contributed by atoms with E-state index < -0.39 is 18.2 Å². The monoisotopic (exact) mass is 445 g/mol. The SMILES string of the molecule is CC(C)(CCC#N)CNC[C@H](O)[C@H](Cc1ccccc1)NC(=O)O[C@H]1CO[C@H]2OCC[C@H]21. The number of hydrogen-bond acceptors (Lipinski definition) is 7. The molecular weight excluding hydrogens is 410 g/mol. The molecule has 3 rings (SSSR count). The fourth-order valence-electron chi connectivity index (χ4n) is 4.21. The number of carbonyl (C=O) groups excluding carboxylic acids is 1. The lowest BCUT2D eigenvalue weighted by Crippen LogP contribution is -2.50. The lowest BCUT2D eigenvalue weighted by atomic mass is 9.88. The first-order valence-corrected chi connectivity index (χ1v) is 11.4. The summed E-state index contributed by atoms with van der Waals surface area (Å²) in [6.07, 6.45) is 0.580. The Hall–Kier alpha value is -2.18.